The molecule has 7 rings (SSSR count). The first-order valence-corrected chi connectivity index (χ1v) is 12.0. The van der Waals surface area contributed by atoms with Gasteiger partial charge in [0.05, 0.1) is 0 Å². The van der Waals surface area contributed by atoms with Crippen LogP contribution in [0.15, 0.2) is 60.7 Å². The Hall–Kier alpha value is -3.52. The van der Waals surface area contributed by atoms with Crippen LogP contribution in [0.5, 0.6) is 0 Å². The summed E-state index contributed by atoms with van der Waals surface area (Å²) in [6.45, 7) is 4.45. The highest BCUT2D eigenvalue weighted by molar-refractivity contribution is 5.88. The maximum Gasteiger partial charge on any atom is 0.0473 e. The molecule has 4 aromatic carbocycles. The minimum absolute atomic E-state index is 1.01. The molecule has 0 saturated carbocycles. The molecule has 0 bridgehead atoms. The predicted molar refractivity (Wildman–Crippen MR) is 139 cm³/mol. The predicted octanol–water partition coefficient (Wildman–Crippen LogP) is 7.22. The van der Waals surface area contributed by atoms with Crippen LogP contribution in [0.25, 0.3) is 11.1 Å². The molecule has 0 aromatic heterocycles. The highest BCUT2D eigenvalue weighted by atomic mass is 15.1. The monoisotopic (exact) mass is 428 g/mol. The van der Waals surface area contributed by atoms with E-state index in [1.54, 1.807) is 0 Å². The number of aryl methyl sites for hydroxylation is 2. The Balaban J connectivity index is 1.35. The van der Waals surface area contributed by atoms with Crippen molar-refractivity contribution in [3.05, 3.63) is 105 Å². The molecule has 2 aliphatic heterocycles. The van der Waals surface area contributed by atoms with Gasteiger partial charge in [0.2, 0.25) is 0 Å². The van der Waals surface area contributed by atoms with Gasteiger partial charge in [-0.15, -0.1) is 0 Å². The van der Waals surface area contributed by atoms with Crippen LogP contribution in [-0.2, 0) is 19.3 Å². The van der Waals surface area contributed by atoms with E-state index < -0.39 is 0 Å². The summed E-state index contributed by atoms with van der Waals surface area (Å²) in [5, 5.41) is 0. The van der Waals surface area contributed by atoms with Gasteiger partial charge in [0.25, 0.3) is 0 Å². The van der Waals surface area contributed by atoms with Crippen LogP contribution < -0.4 is 9.80 Å². The molecule has 0 spiro atoms. The molecule has 0 saturated heterocycles. The smallest absolute Gasteiger partial charge is 0.0473 e. The summed E-state index contributed by atoms with van der Waals surface area (Å²) in [7, 11) is 4.46. The largest absolute Gasteiger partial charge is 0.344 e. The molecule has 4 aromatic rings. The molecule has 2 heterocycles. The third-order valence-electron chi connectivity index (χ3n) is 8.08. The third kappa shape index (κ3) is 2.55. The van der Waals surface area contributed by atoms with Gasteiger partial charge in [-0.05, 0) is 100 Å². The van der Waals surface area contributed by atoms with Crippen molar-refractivity contribution in [2.75, 3.05) is 23.9 Å². The van der Waals surface area contributed by atoms with E-state index in [4.69, 9.17) is 0 Å². The Morgan fingerprint density at radius 2 is 0.939 bits per heavy atom. The summed E-state index contributed by atoms with van der Waals surface area (Å²) < 4.78 is 0. The second-order valence-corrected chi connectivity index (χ2v) is 10.1. The van der Waals surface area contributed by atoms with Crippen LogP contribution in [0, 0.1) is 13.8 Å². The van der Waals surface area contributed by atoms with Crippen LogP contribution in [-0.4, -0.2) is 14.1 Å². The summed E-state index contributed by atoms with van der Waals surface area (Å²) in [6, 6.07) is 23.3. The van der Waals surface area contributed by atoms with Gasteiger partial charge in [-0.25, -0.2) is 0 Å². The normalized spacial score (nSPS) is 14.8. The van der Waals surface area contributed by atoms with E-state index >= 15 is 0 Å². The molecule has 2 heteroatoms. The Morgan fingerprint density at radius 3 is 1.39 bits per heavy atom. The van der Waals surface area contributed by atoms with E-state index in [9.17, 15) is 0 Å². The molecule has 0 amide bonds. The van der Waals surface area contributed by atoms with E-state index in [-0.39, 0.29) is 0 Å². The maximum absolute atomic E-state index is 2.48. The Morgan fingerprint density at radius 1 is 0.515 bits per heavy atom. The van der Waals surface area contributed by atoms with E-state index in [0.29, 0.717) is 0 Å². The van der Waals surface area contributed by atoms with Crippen molar-refractivity contribution in [2.45, 2.75) is 33.1 Å². The summed E-state index contributed by atoms with van der Waals surface area (Å²) in [5.74, 6) is 0. The van der Waals surface area contributed by atoms with Gasteiger partial charge >= 0.3 is 0 Å². The van der Waals surface area contributed by atoms with Crippen molar-refractivity contribution in [3.63, 3.8) is 0 Å². The third-order valence-corrected chi connectivity index (χ3v) is 8.08. The SMILES string of the molecule is Cc1cccc2c1N(C)c1cc3c(cc1C2)-c1cc2c(cc1C3)N(C)c1c(C)cccc1C2. The van der Waals surface area contributed by atoms with Gasteiger partial charge < -0.3 is 9.80 Å². The standard InChI is InChI=1S/C31H28N2/c1-18-7-5-9-20-11-24-14-26-22(16-28(24)32(3)30(18)20)13-23-17-29-25(15-27(23)26)12-21-10-6-8-19(2)31(21)33(29)4/h5-10,14-17H,11-13H2,1-4H3. The van der Waals surface area contributed by atoms with Crippen molar-refractivity contribution in [2.24, 2.45) is 0 Å². The highest BCUT2D eigenvalue weighted by Gasteiger charge is 2.29. The lowest BCUT2D eigenvalue weighted by Gasteiger charge is -2.32. The van der Waals surface area contributed by atoms with Crippen LogP contribution in [0.1, 0.15) is 44.5 Å². The summed E-state index contributed by atoms with van der Waals surface area (Å²) >= 11 is 0. The molecule has 3 aliphatic rings. The zero-order valence-electron chi connectivity index (χ0n) is 19.8. The van der Waals surface area contributed by atoms with Gasteiger partial charge in [-0.2, -0.15) is 0 Å². The first-order chi connectivity index (χ1) is 16.0. The fraction of sp³-hybridized carbons (Fsp3) is 0.226. The lowest BCUT2D eigenvalue weighted by Crippen LogP contribution is -2.20. The lowest BCUT2D eigenvalue weighted by molar-refractivity contribution is 1.04. The maximum atomic E-state index is 2.48. The van der Waals surface area contributed by atoms with Gasteiger partial charge in [0.15, 0.2) is 0 Å². The summed E-state index contributed by atoms with van der Waals surface area (Å²) in [4.78, 5) is 4.82. The van der Waals surface area contributed by atoms with Crippen LogP contribution in [0.2, 0.25) is 0 Å². The van der Waals surface area contributed by atoms with E-state index in [1.165, 1.54) is 78.4 Å². The molecule has 2 nitrogen and oxygen atoms in total. The minimum Gasteiger partial charge on any atom is -0.344 e. The fourth-order valence-corrected chi connectivity index (χ4v) is 6.60. The van der Waals surface area contributed by atoms with Crippen molar-refractivity contribution in [1.29, 1.82) is 0 Å². The van der Waals surface area contributed by atoms with Gasteiger partial charge in [0.1, 0.15) is 0 Å². The zero-order chi connectivity index (χ0) is 22.4. The Kier molecular flexibility index (Phi) is 3.75. The minimum atomic E-state index is 1.01. The van der Waals surface area contributed by atoms with Gasteiger partial charge in [0, 0.05) is 49.7 Å². The molecule has 0 fully saturated rings. The van der Waals surface area contributed by atoms with Crippen LogP contribution in [0.4, 0.5) is 22.7 Å². The van der Waals surface area contributed by atoms with Crippen molar-refractivity contribution in [1.82, 2.24) is 0 Å². The average Bonchev–Trinajstić information content (AvgIpc) is 3.13. The fourth-order valence-electron chi connectivity index (χ4n) is 6.60. The Bertz CT molecular complexity index is 1380. The molecule has 1 aliphatic carbocycles. The molecule has 0 N–H and O–H groups in total. The van der Waals surface area contributed by atoms with Crippen molar-refractivity contribution < 1.29 is 0 Å². The molecular weight excluding hydrogens is 400 g/mol. The number of anilines is 4. The molecule has 0 atom stereocenters. The second kappa shape index (κ2) is 6.51. The molecular formula is C31H28N2. The van der Waals surface area contributed by atoms with Gasteiger partial charge in [-0.3, -0.25) is 0 Å². The van der Waals surface area contributed by atoms with Crippen LogP contribution in [0.3, 0.4) is 0 Å². The van der Waals surface area contributed by atoms with Gasteiger partial charge in [-0.1, -0.05) is 36.4 Å². The number of fused-ring (bicyclic) bond motifs is 7. The molecule has 0 unspecified atom stereocenters. The molecule has 0 radical (unpaired) electrons. The first-order valence-electron chi connectivity index (χ1n) is 12.0. The van der Waals surface area contributed by atoms with Crippen molar-refractivity contribution in [3.8, 4) is 11.1 Å². The van der Waals surface area contributed by atoms with E-state index in [1.807, 2.05) is 0 Å². The number of hydrogen-bond donors (Lipinski definition) is 0. The second-order valence-electron chi connectivity index (χ2n) is 10.1. The van der Waals surface area contributed by atoms with Crippen LogP contribution >= 0.6 is 0 Å². The molecule has 33 heavy (non-hydrogen) atoms. The average molecular weight is 429 g/mol. The number of para-hydroxylation sites is 2. The first kappa shape index (κ1) is 19.0. The zero-order valence-corrected chi connectivity index (χ0v) is 19.8. The summed E-state index contributed by atoms with van der Waals surface area (Å²) in [5.41, 5.74) is 19.8. The van der Waals surface area contributed by atoms with E-state index in [0.717, 1.165) is 19.3 Å². The number of hydrogen-bond acceptors (Lipinski definition) is 2. The summed E-state index contributed by atoms with van der Waals surface area (Å²) in [6.07, 6.45) is 3.05. The number of nitrogens with zero attached hydrogens (tertiary/aromatic N) is 2. The Labute approximate surface area is 196 Å². The number of benzene rings is 4. The quantitative estimate of drug-likeness (QED) is 0.257. The van der Waals surface area contributed by atoms with Crippen molar-refractivity contribution >= 4 is 22.7 Å². The topological polar surface area (TPSA) is 6.48 Å². The highest BCUT2D eigenvalue weighted by Crippen LogP contribution is 2.48. The molecule has 162 valence electrons. The lowest BCUT2D eigenvalue weighted by atomic mass is 9.89. The number of rotatable bonds is 0. The van der Waals surface area contributed by atoms with E-state index in [2.05, 4.69) is 98.4 Å².